The predicted molar refractivity (Wildman–Crippen MR) is 95.0 cm³/mol. The van der Waals surface area contributed by atoms with Gasteiger partial charge in [0, 0.05) is 51.0 Å². The molecule has 1 aromatic rings. The van der Waals surface area contributed by atoms with E-state index in [0.29, 0.717) is 6.04 Å². The van der Waals surface area contributed by atoms with Crippen LogP contribution in [0.15, 0.2) is 12.5 Å². The number of rotatable bonds is 4. The van der Waals surface area contributed by atoms with Crippen LogP contribution < -0.4 is 0 Å². The summed E-state index contributed by atoms with van der Waals surface area (Å²) in [4.78, 5) is 9.74. The van der Waals surface area contributed by atoms with Gasteiger partial charge in [-0.3, -0.25) is 9.80 Å². The number of piperidine rings is 1. The second kappa shape index (κ2) is 7.98. The molecule has 1 aromatic heterocycles. The zero-order chi connectivity index (χ0) is 16.2. The first kappa shape index (κ1) is 16.6. The summed E-state index contributed by atoms with van der Waals surface area (Å²) >= 11 is 0. The number of likely N-dealkylation sites (tertiary alicyclic amines) is 1. The zero-order valence-electron chi connectivity index (χ0n) is 14.9. The van der Waals surface area contributed by atoms with Crippen molar-refractivity contribution in [3.05, 3.63) is 18.2 Å². The van der Waals surface area contributed by atoms with E-state index in [9.17, 15) is 0 Å². The Hall–Kier alpha value is -0.910. The van der Waals surface area contributed by atoms with Gasteiger partial charge in [0.2, 0.25) is 0 Å². The molecular formula is C19H32N4O. The first-order valence-corrected chi connectivity index (χ1v) is 9.95. The van der Waals surface area contributed by atoms with E-state index in [1.54, 1.807) is 0 Å². The molecule has 1 saturated carbocycles. The van der Waals surface area contributed by atoms with Crippen LogP contribution in [0.4, 0.5) is 0 Å². The van der Waals surface area contributed by atoms with E-state index in [0.717, 1.165) is 38.9 Å². The Morgan fingerprint density at radius 3 is 2.42 bits per heavy atom. The molecule has 0 N–H and O–H groups in total. The number of aromatic nitrogens is 2. The molecule has 0 amide bonds. The largest absolute Gasteiger partial charge is 0.379 e. The first-order chi connectivity index (χ1) is 11.9. The van der Waals surface area contributed by atoms with Gasteiger partial charge in [0.05, 0.1) is 25.2 Å². The van der Waals surface area contributed by atoms with E-state index in [1.807, 2.05) is 0 Å². The van der Waals surface area contributed by atoms with Crippen LogP contribution >= 0.6 is 0 Å². The number of ether oxygens (including phenoxy) is 1. The van der Waals surface area contributed by atoms with Crippen molar-refractivity contribution in [2.45, 2.75) is 63.6 Å². The standard InChI is InChI=1S/C19H32N4O/c1-2-4-18(5-3-1)23-16-20-14-19(23)15-21-8-6-17(7-9-21)22-10-12-24-13-11-22/h14,16-18H,1-13,15H2. The zero-order valence-corrected chi connectivity index (χ0v) is 14.9. The van der Waals surface area contributed by atoms with Gasteiger partial charge in [-0.15, -0.1) is 0 Å². The lowest BCUT2D eigenvalue weighted by atomic mass is 9.95. The van der Waals surface area contributed by atoms with Crippen molar-refractivity contribution in [3.63, 3.8) is 0 Å². The summed E-state index contributed by atoms with van der Waals surface area (Å²) in [6.07, 6.45) is 13.6. The van der Waals surface area contributed by atoms with Gasteiger partial charge in [-0.05, 0) is 25.7 Å². The molecule has 134 valence electrons. The maximum Gasteiger partial charge on any atom is 0.0951 e. The van der Waals surface area contributed by atoms with Crippen LogP contribution in [0.5, 0.6) is 0 Å². The maximum atomic E-state index is 5.49. The smallest absolute Gasteiger partial charge is 0.0951 e. The van der Waals surface area contributed by atoms with E-state index < -0.39 is 0 Å². The quantitative estimate of drug-likeness (QED) is 0.849. The van der Waals surface area contributed by atoms with Gasteiger partial charge < -0.3 is 9.30 Å². The van der Waals surface area contributed by atoms with Gasteiger partial charge in [0.25, 0.3) is 0 Å². The molecule has 1 aliphatic carbocycles. The summed E-state index contributed by atoms with van der Waals surface area (Å²) in [5, 5.41) is 0. The lowest BCUT2D eigenvalue weighted by molar-refractivity contribution is 0.0000149. The van der Waals surface area contributed by atoms with Crippen molar-refractivity contribution >= 4 is 0 Å². The SMILES string of the molecule is c1ncn(C2CCCCC2)c1CN1CCC(N2CCOCC2)CC1. The molecule has 0 spiro atoms. The van der Waals surface area contributed by atoms with Gasteiger partial charge in [0.15, 0.2) is 0 Å². The van der Waals surface area contributed by atoms with Crippen LogP contribution in [0.25, 0.3) is 0 Å². The van der Waals surface area contributed by atoms with E-state index in [4.69, 9.17) is 4.74 Å². The van der Waals surface area contributed by atoms with E-state index in [1.165, 1.54) is 63.7 Å². The molecule has 3 fully saturated rings. The Labute approximate surface area is 146 Å². The Morgan fingerprint density at radius 1 is 0.917 bits per heavy atom. The molecule has 3 aliphatic rings. The van der Waals surface area contributed by atoms with Crippen molar-refractivity contribution < 1.29 is 4.74 Å². The lowest BCUT2D eigenvalue weighted by Crippen LogP contribution is -2.48. The number of nitrogens with zero attached hydrogens (tertiary/aromatic N) is 4. The van der Waals surface area contributed by atoms with Crippen LogP contribution in [0.3, 0.4) is 0 Å². The minimum Gasteiger partial charge on any atom is -0.379 e. The summed E-state index contributed by atoms with van der Waals surface area (Å²) in [5.41, 5.74) is 1.42. The van der Waals surface area contributed by atoms with Gasteiger partial charge in [-0.2, -0.15) is 0 Å². The second-order valence-corrected chi connectivity index (χ2v) is 7.74. The van der Waals surface area contributed by atoms with E-state index >= 15 is 0 Å². The minimum atomic E-state index is 0.696. The van der Waals surface area contributed by atoms with Crippen LogP contribution in [-0.2, 0) is 11.3 Å². The summed E-state index contributed by atoms with van der Waals surface area (Å²) < 4.78 is 7.97. The molecule has 2 aliphatic heterocycles. The van der Waals surface area contributed by atoms with Gasteiger partial charge in [-0.25, -0.2) is 4.98 Å². The first-order valence-electron chi connectivity index (χ1n) is 9.95. The Bertz CT molecular complexity index is 497. The fraction of sp³-hybridized carbons (Fsp3) is 0.842. The number of imidazole rings is 1. The topological polar surface area (TPSA) is 33.5 Å². The fourth-order valence-electron chi connectivity index (χ4n) is 4.76. The minimum absolute atomic E-state index is 0.696. The van der Waals surface area contributed by atoms with Crippen molar-refractivity contribution in [3.8, 4) is 0 Å². The molecule has 24 heavy (non-hydrogen) atoms. The van der Waals surface area contributed by atoms with Crippen molar-refractivity contribution in [2.75, 3.05) is 39.4 Å². The Balaban J connectivity index is 1.30. The monoisotopic (exact) mass is 332 g/mol. The Morgan fingerprint density at radius 2 is 1.67 bits per heavy atom. The molecule has 0 bridgehead atoms. The molecule has 4 rings (SSSR count). The molecule has 0 unspecified atom stereocenters. The van der Waals surface area contributed by atoms with Gasteiger partial charge >= 0.3 is 0 Å². The highest BCUT2D eigenvalue weighted by molar-refractivity contribution is 5.01. The molecule has 3 heterocycles. The molecular weight excluding hydrogens is 300 g/mol. The molecule has 2 saturated heterocycles. The molecule has 5 heteroatoms. The van der Waals surface area contributed by atoms with Crippen LogP contribution in [0.1, 0.15) is 56.7 Å². The van der Waals surface area contributed by atoms with Crippen LogP contribution in [-0.4, -0.2) is 64.8 Å². The number of morpholine rings is 1. The van der Waals surface area contributed by atoms with Crippen molar-refractivity contribution in [1.82, 2.24) is 19.4 Å². The summed E-state index contributed by atoms with van der Waals surface area (Å²) in [6.45, 7) is 7.60. The predicted octanol–water partition coefficient (Wildman–Crippen LogP) is 2.68. The Kier molecular flexibility index (Phi) is 5.50. The fourth-order valence-corrected chi connectivity index (χ4v) is 4.76. The van der Waals surface area contributed by atoms with Crippen molar-refractivity contribution in [2.24, 2.45) is 0 Å². The second-order valence-electron chi connectivity index (χ2n) is 7.74. The van der Waals surface area contributed by atoms with E-state index in [-0.39, 0.29) is 0 Å². The van der Waals surface area contributed by atoms with Gasteiger partial charge in [-0.1, -0.05) is 19.3 Å². The summed E-state index contributed by atoms with van der Waals surface area (Å²) in [6, 6.07) is 1.47. The maximum absolute atomic E-state index is 5.49. The number of hydrogen-bond acceptors (Lipinski definition) is 4. The summed E-state index contributed by atoms with van der Waals surface area (Å²) in [7, 11) is 0. The normalized spacial score (nSPS) is 26.0. The lowest BCUT2D eigenvalue weighted by Gasteiger charge is -2.40. The molecule has 5 nitrogen and oxygen atoms in total. The number of hydrogen-bond donors (Lipinski definition) is 0. The molecule has 0 radical (unpaired) electrons. The van der Waals surface area contributed by atoms with Crippen LogP contribution in [0, 0.1) is 0 Å². The van der Waals surface area contributed by atoms with Crippen molar-refractivity contribution in [1.29, 1.82) is 0 Å². The highest BCUT2D eigenvalue weighted by Crippen LogP contribution is 2.29. The third-order valence-electron chi connectivity index (χ3n) is 6.22. The highest BCUT2D eigenvalue weighted by Gasteiger charge is 2.26. The van der Waals surface area contributed by atoms with Gasteiger partial charge in [0.1, 0.15) is 0 Å². The average Bonchev–Trinajstić information content (AvgIpc) is 3.12. The third kappa shape index (κ3) is 3.84. The summed E-state index contributed by atoms with van der Waals surface area (Å²) in [5.74, 6) is 0. The molecule has 0 aromatic carbocycles. The van der Waals surface area contributed by atoms with Crippen LogP contribution in [0.2, 0.25) is 0 Å². The third-order valence-corrected chi connectivity index (χ3v) is 6.22. The average molecular weight is 332 g/mol. The molecule has 0 atom stereocenters. The van der Waals surface area contributed by atoms with E-state index in [2.05, 4.69) is 31.9 Å². The highest BCUT2D eigenvalue weighted by atomic mass is 16.5.